The number of nitrogens with one attached hydrogen (secondary N) is 1. The first kappa shape index (κ1) is 17.3. The highest BCUT2D eigenvalue weighted by Crippen LogP contribution is 2.27. The number of urea groups is 1. The number of carbonyl (C=O) groups is 2. The molecule has 1 saturated heterocycles. The Labute approximate surface area is 150 Å². The topological polar surface area (TPSA) is 93.2 Å². The number of para-hydroxylation sites is 1. The molecule has 0 aliphatic carbocycles. The lowest BCUT2D eigenvalue weighted by atomic mass is 9.97. The lowest BCUT2D eigenvalue weighted by Gasteiger charge is -2.32. The van der Waals surface area contributed by atoms with Crippen LogP contribution in [0.5, 0.6) is 0 Å². The van der Waals surface area contributed by atoms with Gasteiger partial charge in [0.15, 0.2) is 0 Å². The second-order valence-corrected chi connectivity index (χ2v) is 6.48. The van der Waals surface area contributed by atoms with Crippen molar-refractivity contribution in [2.24, 2.45) is 5.73 Å². The molecule has 8 heteroatoms. The Balaban J connectivity index is 1.69. The minimum absolute atomic E-state index is 0.0695. The van der Waals surface area contributed by atoms with E-state index in [9.17, 15) is 9.59 Å². The summed E-state index contributed by atoms with van der Waals surface area (Å²) >= 11 is 6.10. The molecule has 2 heterocycles. The van der Waals surface area contributed by atoms with E-state index < -0.39 is 5.91 Å². The number of imidazole rings is 1. The summed E-state index contributed by atoms with van der Waals surface area (Å²) in [7, 11) is 0. The van der Waals surface area contributed by atoms with Gasteiger partial charge in [-0.25, -0.2) is 9.78 Å². The van der Waals surface area contributed by atoms with Crippen LogP contribution in [0.25, 0.3) is 0 Å². The van der Waals surface area contributed by atoms with Crippen molar-refractivity contribution in [3.8, 4) is 0 Å². The fraction of sp³-hybridized carbons (Fsp3) is 0.353. The number of amides is 3. The van der Waals surface area contributed by atoms with Crippen molar-refractivity contribution in [1.29, 1.82) is 0 Å². The Kier molecular flexibility index (Phi) is 5.23. The molecule has 3 rings (SSSR count). The van der Waals surface area contributed by atoms with Gasteiger partial charge in [0, 0.05) is 31.4 Å². The van der Waals surface area contributed by atoms with Crippen LogP contribution in [0, 0.1) is 0 Å². The second kappa shape index (κ2) is 7.57. The maximum atomic E-state index is 12.6. The molecule has 1 aromatic carbocycles. The number of likely N-dealkylation sites (tertiary alicyclic amines) is 1. The molecule has 0 spiro atoms. The highest BCUT2D eigenvalue weighted by atomic mass is 35.5. The SMILES string of the molecule is NC(=O)Cn1ccnc1[C@H]1CCCN(C(=O)Nc2ccccc2Cl)C1. The van der Waals surface area contributed by atoms with E-state index in [4.69, 9.17) is 17.3 Å². The number of primary amides is 1. The van der Waals surface area contributed by atoms with Crippen molar-refractivity contribution >= 4 is 29.2 Å². The molecular formula is C17H20ClN5O2. The summed E-state index contributed by atoms with van der Waals surface area (Å²) in [5.41, 5.74) is 5.87. The molecule has 1 aromatic heterocycles. The van der Waals surface area contributed by atoms with Crippen molar-refractivity contribution in [1.82, 2.24) is 14.5 Å². The molecule has 1 aliphatic rings. The number of nitrogens with zero attached hydrogens (tertiary/aromatic N) is 3. The fourth-order valence-electron chi connectivity index (χ4n) is 3.11. The predicted molar refractivity (Wildman–Crippen MR) is 95.4 cm³/mol. The smallest absolute Gasteiger partial charge is 0.321 e. The molecule has 0 saturated carbocycles. The Hall–Kier alpha value is -2.54. The van der Waals surface area contributed by atoms with Gasteiger partial charge in [0.05, 0.1) is 10.7 Å². The zero-order valence-electron chi connectivity index (χ0n) is 13.7. The summed E-state index contributed by atoms with van der Waals surface area (Å²) < 4.78 is 1.75. The number of hydrogen-bond acceptors (Lipinski definition) is 3. The first-order valence-electron chi connectivity index (χ1n) is 8.14. The number of hydrogen-bond donors (Lipinski definition) is 2. The minimum atomic E-state index is -0.414. The van der Waals surface area contributed by atoms with Gasteiger partial charge in [0.2, 0.25) is 5.91 Å². The summed E-state index contributed by atoms with van der Waals surface area (Å²) in [6.45, 7) is 1.30. The Bertz CT molecular complexity index is 776. The summed E-state index contributed by atoms with van der Waals surface area (Å²) in [4.78, 5) is 29.9. The van der Waals surface area contributed by atoms with Gasteiger partial charge in [-0.3, -0.25) is 4.79 Å². The molecule has 0 radical (unpaired) electrons. The molecule has 25 heavy (non-hydrogen) atoms. The number of piperidine rings is 1. The van der Waals surface area contributed by atoms with Gasteiger partial charge < -0.3 is 20.5 Å². The van der Waals surface area contributed by atoms with Gasteiger partial charge >= 0.3 is 6.03 Å². The van der Waals surface area contributed by atoms with Crippen LogP contribution in [0.15, 0.2) is 36.7 Å². The van der Waals surface area contributed by atoms with Gasteiger partial charge in [0.25, 0.3) is 0 Å². The van der Waals surface area contributed by atoms with Crippen molar-refractivity contribution in [2.45, 2.75) is 25.3 Å². The van der Waals surface area contributed by atoms with Gasteiger partial charge in [0.1, 0.15) is 12.4 Å². The van der Waals surface area contributed by atoms with Crippen molar-refractivity contribution in [2.75, 3.05) is 18.4 Å². The first-order valence-corrected chi connectivity index (χ1v) is 8.52. The van der Waals surface area contributed by atoms with E-state index in [1.165, 1.54) is 0 Å². The highest BCUT2D eigenvalue weighted by molar-refractivity contribution is 6.33. The van der Waals surface area contributed by atoms with E-state index in [1.54, 1.807) is 34.0 Å². The molecule has 0 bridgehead atoms. The zero-order valence-corrected chi connectivity index (χ0v) is 14.4. The normalized spacial score (nSPS) is 17.3. The molecule has 7 nitrogen and oxygen atoms in total. The third kappa shape index (κ3) is 4.11. The fourth-order valence-corrected chi connectivity index (χ4v) is 3.29. The number of benzene rings is 1. The van der Waals surface area contributed by atoms with Gasteiger partial charge in [-0.15, -0.1) is 0 Å². The van der Waals surface area contributed by atoms with Crippen molar-refractivity contribution in [3.05, 3.63) is 47.5 Å². The van der Waals surface area contributed by atoms with E-state index >= 15 is 0 Å². The molecule has 2 aromatic rings. The molecule has 1 aliphatic heterocycles. The van der Waals surface area contributed by atoms with Crippen LogP contribution in [0.4, 0.5) is 10.5 Å². The predicted octanol–water partition coefficient (Wildman–Crippen LogP) is 2.43. The lowest BCUT2D eigenvalue weighted by Crippen LogP contribution is -2.42. The van der Waals surface area contributed by atoms with E-state index in [1.807, 2.05) is 12.1 Å². The number of aromatic nitrogens is 2. The summed E-state index contributed by atoms with van der Waals surface area (Å²) in [5.74, 6) is 0.442. The molecule has 132 valence electrons. The number of rotatable bonds is 4. The van der Waals surface area contributed by atoms with E-state index in [0.717, 1.165) is 18.7 Å². The average molecular weight is 362 g/mol. The number of carbonyl (C=O) groups excluding carboxylic acids is 2. The average Bonchev–Trinajstić information content (AvgIpc) is 3.04. The number of anilines is 1. The molecule has 3 amide bonds. The lowest BCUT2D eigenvalue weighted by molar-refractivity contribution is -0.118. The maximum absolute atomic E-state index is 12.6. The van der Waals surface area contributed by atoms with Gasteiger partial charge in [-0.05, 0) is 25.0 Å². The van der Waals surface area contributed by atoms with E-state index in [2.05, 4.69) is 10.3 Å². The van der Waals surface area contributed by atoms with Crippen LogP contribution in [0.1, 0.15) is 24.6 Å². The van der Waals surface area contributed by atoms with Crippen LogP contribution >= 0.6 is 11.6 Å². The minimum Gasteiger partial charge on any atom is -0.368 e. The largest absolute Gasteiger partial charge is 0.368 e. The number of nitrogens with two attached hydrogens (primary N) is 1. The molecule has 1 fully saturated rings. The third-order valence-corrected chi connectivity index (χ3v) is 4.59. The highest BCUT2D eigenvalue weighted by Gasteiger charge is 2.28. The van der Waals surface area contributed by atoms with Crippen LogP contribution in [-0.4, -0.2) is 39.5 Å². The zero-order chi connectivity index (χ0) is 17.8. The second-order valence-electron chi connectivity index (χ2n) is 6.07. The third-order valence-electron chi connectivity index (χ3n) is 4.26. The van der Waals surface area contributed by atoms with Crippen LogP contribution in [0.3, 0.4) is 0 Å². The summed E-state index contributed by atoms with van der Waals surface area (Å²) in [5, 5.41) is 3.35. The molecule has 0 unspecified atom stereocenters. The standard InChI is InChI=1S/C17H20ClN5O2/c18-13-5-1-2-6-14(13)21-17(25)23-8-3-4-12(10-23)16-20-7-9-22(16)11-15(19)24/h1-2,5-7,9,12H,3-4,8,10-11H2,(H2,19,24)(H,21,25)/t12-/m0/s1. The van der Waals surface area contributed by atoms with Crippen molar-refractivity contribution < 1.29 is 9.59 Å². The summed E-state index contributed by atoms with van der Waals surface area (Å²) in [6.07, 6.45) is 5.17. The molecule has 1 atom stereocenters. The summed E-state index contributed by atoms with van der Waals surface area (Å²) in [6, 6.07) is 6.94. The maximum Gasteiger partial charge on any atom is 0.321 e. The van der Waals surface area contributed by atoms with E-state index in [0.29, 0.717) is 23.8 Å². The number of halogens is 1. The van der Waals surface area contributed by atoms with Crippen LogP contribution in [0.2, 0.25) is 5.02 Å². The molecular weight excluding hydrogens is 342 g/mol. The van der Waals surface area contributed by atoms with E-state index in [-0.39, 0.29) is 18.5 Å². The Morgan fingerprint density at radius 1 is 1.36 bits per heavy atom. The Morgan fingerprint density at radius 3 is 2.92 bits per heavy atom. The molecule has 3 N–H and O–H groups in total. The van der Waals surface area contributed by atoms with Gasteiger partial charge in [-0.2, -0.15) is 0 Å². The monoisotopic (exact) mass is 361 g/mol. The Morgan fingerprint density at radius 2 is 2.16 bits per heavy atom. The first-order chi connectivity index (χ1) is 12.0. The van der Waals surface area contributed by atoms with Crippen LogP contribution < -0.4 is 11.1 Å². The van der Waals surface area contributed by atoms with Crippen molar-refractivity contribution in [3.63, 3.8) is 0 Å². The quantitative estimate of drug-likeness (QED) is 0.875. The van der Waals surface area contributed by atoms with Crippen LogP contribution in [-0.2, 0) is 11.3 Å². The van der Waals surface area contributed by atoms with Gasteiger partial charge in [-0.1, -0.05) is 23.7 Å².